The van der Waals surface area contributed by atoms with Crippen LogP contribution in [0.1, 0.15) is 58.8 Å². The Hall–Kier alpha value is -0.860. The van der Waals surface area contributed by atoms with Crippen LogP contribution in [0.5, 0.6) is 0 Å². The fourth-order valence-electron chi connectivity index (χ4n) is 3.38. The van der Waals surface area contributed by atoms with E-state index in [2.05, 4.69) is 24.4 Å². The third kappa shape index (κ3) is 3.08. The van der Waals surface area contributed by atoms with Gasteiger partial charge in [-0.25, -0.2) is 5.43 Å². The van der Waals surface area contributed by atoms with Gasteiger partial charge in [-0.1, -0.05) is 19.8 Å². The Balaban J connectivity index is 1.79. The number of rotatable bonds is 5. The van der Waals surface area contributed by atoms with Crippen LogP contribution in [0.3, 0.4) is 0 Å². The van der Waals surface area contributed by atoms with Crippen LogP contribution in [-0.4, -0.2) is 11.6 Å². The van der Waals surface area contributed by atoms with Crippen molar-refractivity contribution in [1.29, 1.82) is 0 Å². The fourth-order valence-corrected chi connectivity index (χ4v) is 3.38. The van der Waals surface area contributed by atoms with E-state index in [1.165, 1.54) is 25.7 Å². The van der Waals surface area contributed by atoms with Crippen molar-refractivity contribution in [1.82, 2.24) is 5.43 Å². The topological polar surface area (TPSA) is 41.5 Å². The second-order valence-electron chi connectivity index (χ2n) is 5.67. The molecule has 0 aliphatic heterocycles. The van der Waals surface area contributed by atoms with Gasteiger partial charge in [0.2, 0.25) is 5.91 Å². The maximum Gasteiger partial charge on any atom is 0.240 e. The smallest absolute Gasteiger partial charge is 0.240 e. The minimum Gasteiger partial charge on any atom is -0.273 e. The highest BCUT2D eigenvalue weighted by Gasteiger charge is 2.40. The molecule has 96 valence electrons. The second kappa shape index (κ2) is 5.65. The lowest BCUT2D eigenvalue weighted by Crippen LogP contribution is -2.24. The molecule has 2 bridgehead atoms. The molecule has 0 aromatic carbocycles. The molecule has 2 aliphatic carbocycles. The summed E-state index contributed by atoms with van der Waals surface area (Å²) in [6.45, 7) is 4.17. The van der Waals surface area contributed by atoms with Crippen molar-refractivity contribution in [3.05, 3.63) is 0 Å². The first kappa shape index (κ1) is 12.6. The molecule has 3 atom stereocenters. The summed E-state index contributed by atoms with van der Waals surface area (Å²) in [5, 5.41) is 4.29. The molecule has 1 N–H and O–H groups in total. The van der Waals surface area contributed by atoms with Crippen molar-refractivity contribution in [2.45, 2.75) is 58.8 Å². The Morgan fingerprint density at radius 1 is 1.35 bits per heavy atom. The molecule has 3 unspecified atom stereocenters. The third-order valence-electron chi connectivity index (χ3n) is 4.39. The second-order valence-corrected chi connectivity index (χ2v) is 5.67. The number of amides is 1. The summed E-state index contributed by atoms with van der Waals surface area (Å²) in [6.07, 6.45) is 8.08. The van der Waals surface area contributed by atoms with Gasteiger partial charge >= 0.3 is 0 Å². The standard InChI is InChI=1S/C14H24N2O/c1-3-4-5-14(17)16-15-10(2)13-9-11-6-7-12(13)8-11/h11-13H,3-9H2,1-2H3,(H,16,17). The number of hydrogen-bond donors (Lipinski definition) is 1. The Kier molecular flexibility index (Phi) is 4.19. The van der Waals surface area contributed by atoms with Crippen LogP contribution in [-0.2, 0) is 4.79 Å². The van der Waals surface area contributed by atoms with E-state index in [0.29, 0.717) is 12.3 Å². The van der Waals surface area contributed by atoms with Gasteiger partial charge in [-0.3, -0.25) is 4.79 Å². The fraction of sp³-hybridized carbons (Fsp3) is 0.857. The average molecular weight is 236 g/mol. The van der Waals surface area contributed by atoms with Crippen LogP contribution in [0.2, 0.25) is 0 Å². The number of hydrazone groups is 1. The number of nitrogens with one attached hydrogen (secondary N) is 1. The van der Waals surface area contributed by atoms with Gasteiger partial charge in [0, 0.05) is 18.1 Å². The highest BCUT2D eigenvalue weighted by Crippen LogP contribution is 2.48. The number of carbonyl (C=O) groups excluding carboxylic acids is 1. The van der Waals surface area contributed by atoms with E-state index < -0.39 is 0 Å². The van der Waals surface area contributed by atoms with E-state index in [0.717, 1.165) is 30.4 Å². The molecule has 0 spiro atoms. The molecule has 0 aromatic rings. The molecular weight excluding hydrogens is 212 g/mol. The zero-order valence-electron chi connectivity index (χ0n) is 11.0. The Bertz CT molecular complexity index is 311. The first-order chi connectivity index (χ1) is 8.20. The predicted molar refractivity (Wildman–Crippen MR) is 69.7 cm³/mol. The van der Waals surface area contributed by atoms with Crippen LogP contribution in [0, 0.1) is 17.8 Å². The Morgan fingerprint density at radius 3 is 2.76 bits per heavy atom. The molecule has 3 nitrogen and oxygen atoms in total. The predicted octanol–water partition coefficient (Wildman–Crippen LogP) is 3.10. The van der Waals surface area contributed by atoms with E-state index in [-0.39, 0.29) is 5.91 Å². The van der Waals surface area contributed by atoms with Crippen molar-refractivity contribution in [3.8, 4) is 0 Å². The summed E-state index contributed by atoms with van der Waals surface area (Å²) in [5.41, 5.74) is 3.84. The molecule has 2 fully saturated rings. The van der Waals surface area contributed by atoms with Crippen LogP contribution >= 0.6 is 0 Å². The molecule has 0 radical (unpaired) electrons. The molecule has 3 heteroatoms. The molecule has 2 rings (SSSR count). The Labute approximate surface area is 104 Å². The maximum absolute atomic E-state index is 11.5. The lowest BCUT2D eigenvalue weighted by atomic mass is 9.86. The van der Waals surface area contributed by atoms with Gasteiger partial charge in [-0.2, -0.15) is 5.10 Å². The van der Waals surface area contributed by atoms with Crippen LogP contribution in [0.4, 0.5) is 0 Å². The average Bonchev–Trinajstić information content (AvgIpc) is 2.95. The van der Waals surface area contributed by atoms with Gasteiger partial charge in [0.05, 0.1) is 0 Å². The van der Waals surface area contributed by atoms with Gasteiger partial charge in [0.25, 0.3) is 0 Å². The van der Waals surface area contributed by atoms with Crippen molar-refractivity contribution < 1.29 is 4.79 Å². The number of unbranched alkanes of at least 4 members (excludes halogenated alkanes) is 1. The first-order valence-electron chi connectivity index (χ1n) is 7.03. The molecule has 17 heavy (non-hydrogen) atoms. The van der Waals surface area contributed by atoms with Crippen molar-refractivity contribution in [2.75, 3.05) is 0 Å². The number of hydrogen-bond acceptors (Lipinski definition) is 2. The summed E-state index contributed by atoms with van der Waals surface area (Å²) in [7, 11) is 0. The summed E-state index contributed by atoms with van der Waals surface area (Å²) < 4.78 is 0. The van der Waals surface area contributed by atoms with Gasteiger partial charge < -0.3 is 0 Å². The quantitative estimate of drug-likeness (QED) is 0.578. The summed E-state index contributed by atoms with van der Waals surface area (Å²) >= 11 is 0. The lowest BCUT2D eigenvalue weighted by molar-refractivity contribution is -0.121. The van der Waals surface area contributed by atoms with Crippen LogP contribution in [0.15, 0.2) is 5.10 Å². The monoisotopic (exact) mass is 236 g/mol. The first-order valence-corrected chi connectivity index (χ1v) is 7.03. The molecule has 1 amide bonds. The maximum atomic E-state index is 11.5. The minimum atomic E-state index is 0.0642. The minimum absolute atomic E-state index is 0.0642. The van der Waals surface area contributed by atoms with Gasteiger partial charge in [0.15, 0.2) is 0 Å². The van der Waals surface area contributed by atoms with Gasteiger partial charge in [-0.05, 0) is 44.4 Å². The van der Waals surface area contributed by atoms with E-state index in [1.807, 2.05) is 0 Å². The number of fused-ring (bicyclic) bond motifs is 2. The molecule has 2 aliphatic rings. The van der Waals surface area contributed by atoms with Crippen molar-refractivity contribution in [3.63, 3.8) is 0 Å². The third-order valence-corrected chi connectivity index (χ3v) is 4.39. The SMILES string of the molecule is CCCCC(=O)NN=C(C)C1CC2CCC1C2. The van der Waals surface area contributed by atoms with E-state index in [1.54, 1.807) is 0 Å². The molecule has 0 heterocycles. The van der Waals surface area contributed by atoms with E-state index >= 15 is 0 Å². The zero-order chi connectivity index (χ0) is 12.3. The summed E-state index contributed by atoms with van der Waals surface area (Å²) in [6, 6.07) is 0. The summed E-state index contributed by atoms with van der Waals surface area (Å²) in [4.78, 5) is 11.5. The highest BCUT2D eigenvalue weighted by atomic mass is 16.2. The Morgan fingerprint density at radius 2 is 2.18 bits per heavy atom. The van der Waals surface area contributed by atoms with Gasteiger partial charge in [-0.15, -0.1) is 0 Å². The highest BCUT2D eigenvalue weighted by molar-refractivity contribution is 5.86. The number of carbonyl (C=O) groups is 1. The molecule has 0 saturated heterocycles. The van der Waals surface area contributed by atoms with Gasteiger partial charge in [0.1, 0.15) is 0 Å². The molecule has 0 aromatic heterocycles. The molecular formula is C14H24N2O. The largest absolute Gasteiger partial charge is 0.273 e. The van der Waals surface area contributed by atoms with Crippen molar-refractivity contribution >= 4 is 11.6 Å². The van der Waals surface area contributed by atoms with Crippen LogP contribution in [0.25, 0.3) is 0 Å². The van der Waals surface area contributed by atoms with Crippen molar-refractivity contribution in [2.24, 2.45) is 22.9 Å². The normalized spacial score (nSPS) is 31.9. The van der Waals surface area contributed by atoms with Crippen LogP contribution < -0.4 is 5.43 Å². The zero-order valence-corrected chi connectivity index (χ0v) is 11.0. The molecule has 2 saturated carbocycles. The summed E-state index contributed by atoms with van der Waals surface area (Å²) in [5.74, 6) is 2.48. The van der Waals surface area contributed by atoms with E-state index in [9.17, 15) is 4.79 Å². The van der Waals surface area contributed by atoms with E-state index in [4.69, 9.17) is 0 Å². The lowest BCUT2D eigenvalue weighted by Gasteiger charge is -2.21. The number of nitrogens with zero attached hydrogens (tertiary/aromatic N) is 1.